The summed E-state index contributed by atoms with van der Waals surface area (Å²) in [6, 6.07) is 8.30. The fourth-order valence-corrected chi connectivity index (χ4v) is 2.98. The summed E-state index contributed by atoms with van der Waals surface area (Å²) in [5.41, 5.74) is 7.57. The zero-order valence-electron chi connectivity index (χ0n) is 11.8. The molecule has 0 amide bonds. The van der Waals surface area contributed by atoms with Crippen molar-refractivity contribution in [2.24, 2.45) is 0 Å². The van der Waals surface area contributed by atoms with Gasteiger partial charge >= 0.3 is 0 Å². The summed E-state index contributed by atoms with van der Waals surface area (Å²) in [6.45, 7) is 1.88. The van der Waals surface area contributed by atoms with Crippen LogP contribution in [0.25, 0.3) is 0 Å². The molecule has 0 aliphatic heterocycles. The van der Waals surface area contributed by atoms with E-state index < -0.39 is 10.0 Å². The Bertz CT molecular complexity index is 731. The Labute approximate surface area is 124 Å². The van der Waals surface area contributed by atoms with Gasteiger partial charge in [0.05, 0.1) is 19.3 Å². The number of benzene rings is 1. The smallest absolute Gasteiger partial charge is 0.244 e. The molecule has 112 valence electrons. The number of nitrogens with zero attached hydrogens (tertiary/aromatic N) is 1. The van der Waals surface area contributed by atoms with Crippen LogP contribution in [0, 0.1) is 6.92 Å². The van der Waals surface area contributed by atoms with E-state index in [0.29, 0.717) is 11.4 Å². The molecule has 1 heterocycles. The molecule has 2 aromatic rings. The molecule has 21 heavy (non-hydrogen) atoms. The van der Waals surface area contributed by atoms with Gasteiger partial charge in [-0.15, -0.1) is 0 Å². The lowest BCUT2D eigenvalue weighted by atomic mass is 10.2. The number of nitrogen functional groups attached to an aromatic ring is 1. The van der Waals surface area contributed by atoms with Gasteiger partial charge in [-0.05, 0) is 36.8 Å². The van der Waals surface area contributed by atoms with E-state index >= 15 is 0 Å². The van der Waals surface area contributed by atoms with Gasteiger partial charge in [-0.25, -0.2) is 13.1 Å². The van der Waals surface area contributed by atoms with Crippen LogP contribution in [-0.4, -0.2) is 20.5 Å². The van der Waals surface area contributed by atoms with Gasteiger partial charge in [0.1, 0.15) is 10.6 Å². The van der Waals surface area contributed by atoms with Crippen molar-refractivity contribution < 1.29 is 13.2 Å². The third-order valence-electron chi connectivity index (χ3n) is 3.01. The van der Waals surface area contributed by atoms with E-state index in [4.69, 9.17) is 10.5 Å². The predicted molar refractivity (Wildman–Crippen MR) is 80.4 cm³/mol. The van der Waals surface area contributed by atoms with Crippen molar-refractivity contribution in [3.63, 3.8) is 0 Å². The van der Waals surface area contributed by atoms with Gasteiger partial charge in [0.15, 0.2) is 0 Å². The summed E-state index contributed by atoms with van der Waals surface area (Å²) < 4.78 is 32.4. The summed E-state index contributed by atoms with van der Waals surface area (Å²) in [5, 5.41) is 0. The second kappa shape index (κ2) is 6.11. The van der Waals surface area contributed by atoms with Crippen molar-refractivity contribution in [3.05, 3.63) is 47.8 Å². The molecule has 0 spiro atoms. The van der Waals surface area contributed by atoms with Crippen LogP contribution in [0.2, 0.25) is 0 Å². The molecule has 0 radical (unpaired) electrons. The molecule has 0 unspecified atom stereocenters. The monoisotopic (exact) mass is 307 g/mol. The van der Waals surface area contributed by atoms with Crippen molar-refractivity contribution in [2.75, 3.05) is 12.8 Å². The van der Waals surface area contributed by atoms with Crippen LogP contribution in [0.1, 0.15) is 11.3 Å². The molecule has 3 N–H and O–H groups in total. The lowest BCUT2D eigenvalue weighted by molar-refractivity contribution is 0.402. The normalized spacial score (nSPS) is 11.3. The minimum absolute atomic E-state index is 0.0176. The van der Waals surface area contributed by atoms with E-state index in [2.05, 4.69) is 9.71 Å². The first kappa shape index (κ1) is 15.3. The van der Waals surface area contributed by atoms with E-state index in [1.54, 1.807) is 37.4 Å². The first-order chi connectivity index (χ1) is 9.94. The topological polar surface area (TPSA) is 94.3 Å². The Morgan fingerprint density at radius 2 is 2.10 bits per heavy atom. The molecule has 0 aliphatic carbocycles. The van der Waals surface area contributed by atoms with E-state index in [-0.39, 0.29) is 17.2 Å². The van der Waals surface area contributed by atoms with Crippen LogP contribution in [0.3, 0.4) is 0 Å². The Kier molecular flexibility index (Phi) is 4.44. The number of sulfonamides is 1. The highest BCUT2D eigenvalue weighted by atomic mass is 32.2. The van der Waals surface area contributed by atoms with E-state index in [1.807, 2.05) is 0 Å². The summed E-state index contributed by atoms with van der Waals surface area (Å²) in [5.74, 6) is 0.259. The Balaban J connectivity index is 2.29. The zero-order valence-corrected chi connectivity index (χ0v) is 12.6. The molecular weight excluding hydrogens is 290 g/mol. The quantitative estimate of drug-likeness (QED) is 0.816. The third-order valence-corrected chi connectivity index (χ3v) is 4.43. The summed E-state index contributed by atoms with van der Waals surface area (Å²) in [4.78, 5) is 4.08. The zero-order chi connectivity index (χ0) is 15.5. The number of anilines is 1. The fraction of sp³-hybridized carbons (Fsp3) is 0.214. The number of hydrogen-bond acceptors (Lipinski definition) is 5. The van der Waals surface area contributed by atoms with Crippen LogP contribution in [-0.2, 0) is 16.6 Å². The van der Waals surface area contributed by atoms with Crippen molar-refractivity contribution >= 4 is 15.7 Å². The SMILES string of the molecule is COc1cc(C)c(N)cc1S(=O)(=O)NCc1ccccn1. The van der Waals surface area contributed by atoms with Crippen LogP contribution in [0.15, 0.2) is 41.4 Å². The second-order valence-corrected chi connectivity index (χ2v) is 6.24. The lowest BCUT2D eigenvalue weighted by Gasteiger charge is -2.12. The maximum absolute atomic E-state index is 12.4. The molecule has 2 rings (SSSR count). The molecule has 1 aromatic carbocycles. The van der Waals surface area contributed by atoms with Crippen molar-refractivity contribution in [1.29, 1.82) is 0 Å². The minimum atomic E-state index is -3.74. The van der Waals surface area contributed by atoms with Gasteiger partial charge in [0.25, 0.3) is 0 Å². The Hall–Kier alpha value is -2.12. The van der Waals surface area contributed by atoms with E-state index in [1.165, 1.54) is 13.2 Å². The van der Waals surface area contributed by atoms with E-state index in [0.717, 1.165) is 5.56 Å². The number of aromatic nitrogens is 1. The van der Waals surface area contributed by atoms with Crippen molar-refractivity contribution in [3.8, 4) is 5.75 Å². The maximum atomic E-state index is 12.4. The molecule has 0 saturated heterocycles. The van der Waals surface area contributed by atoms with Crippen LogP contribution < -0.4 is 15.2 Å². The molecular formula is C14H17N3O3S. The van der Waals surface area contributed by atoms with Gasteiger partial charge in [0.2, 0.25) is 10.0 Å². The summed E-state index contributed by atoms with van der Waals surface area (Å²) in [6.07, 6.45) is 1.61. The number of nitrogens with two attached hydrogens (primary N) is 1. The van der Waals surface area contributed by atoms with Gasteiger partial charge in [-0.1, -0.05) is 6.07 Å². The molecule has 1 aromatic heterocycles. The molecule has 7 heteroatoms. The Morgan fingerprint density at radius 1 is 1.33 bits per heavy atom. The van der Waals surface area contributed by atoms with Gasteiger partial charge in [-0.3, -0.25) is 4.98 Å². The first-order valence-electron chi connectivity index (χ1n) is 6.27. The van der Waals surface area contributed by atoms with Crippen LogP contribution >= 0.6 is 0 Å². The molecule has 0 atom stereocenters. The molecule has 0 saturated carbocycles. The number of nitrogens with one attached hydrogen (secondary N) is 1. The largest absolute Gasteiger partial charge is 0.495 e. The molecule has 0 aliphatic rings. The summed E-state index contributed by atoms with van der Waals surface area (Å²) in [7, 11) is -2.32. The van der Waals surface area contributed by atoms with Crippen LogP contribution in [0.5, 0.6) is 5.75 Å². The van der Waals surface area contributed by atoms with Crippen LogP contribution in [0.4, 0.5) is 5.69 Å². The predicted octanol–water partition coefficient (Wildman–Crippen LogP) is 1.46. The lowest BCUT2D eigenvalue weighted by Crippen LogP contribution is -2.24. The number of hydrogen-bond donors (Lipinski definition) is 2. The highest BCUT2D eigenvalue weighted by Gasteiger charge is 2.20. The minimum Gasteiger partial charge on any atom is -0.495 e. The standard InChI is InChI=1S/C14H17N3O3S/c1-10-7-13(20-2)14(8-12(10)15)21(18,19)17-9-11-5-3-4-6-16-11/h3-8,17H,9,15H2,1-2H3. The van der Waals surface area contributed by atoms with Crippen molar-refractivity contribution in [1.82, 2.24) is 9.71 Å². The van der Waals surface area contributed by atoms with Crippen molar-refractivity contribution in [2.45, 2.75) is 18.4 Å². The average molecular weight is 307 g/mol. The number of aryl methyl sites for hydroxylation is 1. The second-order valence-electron chi connectivity index (χ2n) is 4.51. The molecule has 0 fully saturated rings. The highest BCUT2D eigenvalue weighted by molar-refractivity contribution is 7.89. The van der Waals surface area contributed by atoms with Gasteiger partial charge in [0, 0.05) is 11.9 Å². The third kappa shape index (κ3) is 3.50. The number of ether oxygens (including phenoxy) is 1. The van der Waals surface area contributed by atoms with E-state index in [9.17, 15) is 8.42 Å². The Morgan fingerprint density at radius 3 is 2.71 bits per heavy atom. The molecule has 0 bridgehead atoms. The van der Waals surface area contributed by atoms with Gasteiger partial charge in [-0.2, -0.15) is 0 Å². The number of methoxy groups -OCH3 is 1. The summed E-state index contributed by atoms with van der Waals surface area (Å²) >= 11 is 0. The average Bonchev–Trinajstić information content (AvgIpc) is 2.48. The number of pyridine rings is 1. The maximum Gasteiger partial charge on any atom is 0.244 e. The fourth-order valence-electron chi connectivity index (χ4n) is 1.80. The molecule has 6 nitrogen and oxygen atoms in total. The van der Waals surface area contributed by atoms with Gasteiger partial charge < -0.3 is 10.5 Å². The highest BCUT2D eigenvalue weighted by Crippen LogP contribution is 2.28. The first-order valence-corrected chi connectivity index (χ1v) is 7.76. The number of rotatable bonds is 5.